The van der Waals surface area contributed by atoms with Crippen LogP contribution in [0.15, 0.2) is 28.7 Å². The van der Waals surface area contributed by atoms with E-state index in [0.717, 1.165) is 28.7 Å². The summed E-state index contributed by atoms with van der Waals surface area (Å²) in [5.74, 6) is 0.719. The summed E-state index contributed by atoms with van der Waals surface area (Å²) < 4.78 is 5.87. The minimum Gasteiger partial charge on any atom is -0.459 e. The number of hydrogen-bond donors (Lipinski definition) is 3. The Morgan fingerprint density at radius 3 is 2.83 bits per heavy atom. The number of aryl methyl sites for hydroxylation is 1. The molecule has 3 amide bonds. The van der Waals surface area contributed by atoms with Gasteiger partial charge in [0.05, 0.1) is 6.04 Å². The summed E-state index contributed by atoms with van der Waals surface area (Å²) in [4.78, 5) is 24.2. The van der Waals surface area contributed by atoms with E-state index < -0.39 is 6.04 Å². The van der Waals surface area contributed by atoms with Crippen LogP contribution in [0, 0.1) is 12.8 Å². The van der Waals surface area contributed by atoms with Gasteiger partial charge in [0.25, 0.3) is 0 Å². The molecule has 0 bridgehead atoms. The molecule has 1 aromatic carbocycles. The molecule has 1 aromatic heterocycles. The summed E-state index contributed by atoms with van der Waals surface area (Å²) in [6.07, 6.45) is 0.856. The lowest BCUT2D eigenvalue weighted by Gasteiger charge is -2.29. The van der Waals surface area contributed by atoms with Crippen LogP contribution < -0.4 is 16.0 Å². The number of carbonyl (C=O) groups is 2. The molecule has 3 N–H and O–H groups in total. The van der Waals surface area contributed by atoms with Crippen molar-refractivity contribution in [2.45, 2.75) is 39.3 Å². The lowest BCUT2D eigenvalue weighted by molar-refractivity contribution is -0.125. The van der Waals surface area contributed by atoms with Gasteiger partial charge in [0, 0.05) is 17.5 Å². The second-order valence-corrected chi connectivity index (χ2v) is 6.46. The highest BCUT2D eigenvalue weighted by Gasteiger charge is 2.30. The van der Waals surface area contributed by atoms with Crippen molar-refractivity contribution in [1.82, 2.24) is 16.0 Å². The minimum absolute atomic E-state index is 0.118. The number of rotatable bonds is 3. The third-order valence-electron chi connectivity index (χ3n) is 4.66. The Balaban J connectivity index is 1.69. The molecule has 2 unspecified atom stereocenters. The van der Waals surface area contributed by atoms with Gasteiger partial charge in [0.15, 0.2) is 0 Å². The van der Waals surface area contributed by atoms with Gasteiger partial charge in [-0.05, 0) is 32.3 Å². The first kappa shape index (κ1) is 16.4. The van der Waals surface area contributed by atoms with Gasteiger partial charge in [0.2, 0.25) is 5.91 Å². The van der Waals surface area contributed by atoms with Crippen LogP contribution in [0.3, 0.4) is 0 Å². The fourth-order valence-corrected chi connectivity index (χ4v) is 3.22. The van der Waals surface area contributed by atoms with Gasteiger partial charge in [0.1, 0.15) is 17.4 Å². The van der Waals surface area contributed by atoms with Crippen molar-refractivity contribution in [2.75, 3.05) is 6.54 Å². The van der Waals surface area contributed by atoms with E-state index >= 15 is 0 Å². The number of piperidine rings is 1. The summed E-state index contributed by atoms with van der Waals surface area (Å²) in [5.41, 5.74) is 1.82. The fourth-order valence-electron chi connectivity index (χ4n) is 3.22. The smallest absolute Gasteiger partial charge is 0.316 e. The van der Waals surface area contributed by atoms with Gasteiger partial charge in [-0.1, -0.05) is 25.1 Å². The zero-order valence-corrected chi connectivity index (χ0v) is 14.2. The molecule has 2 heterocycles. The van der Waals surface area contributed by atoms with Gasteiger partial charge in [-0.25, -0.2) is 4.79 Å². The van der Waals surface area contributed by atoms with Crippen LogP contribution in [-0.4, -0.2) is 24.5 Å². The van der Waals surface area contributed by atoms with Gasteiger partial charge >= 0.3 is 6.03 Å². The molecule has 128 valence electrons. The van der Waals surface area contributed by atoms with Gasteiger partial charge in [-0.15, -0.1) is 0 Å². The average Bonchev–Trinajstić information content (AvgIpc) is 2.89. The summed E-state index contributed by atoms with van der Waals surface area (Å²) in [6.45, 7) is 6.48. The maximum absolute atomic E-state index is 12.3. The normalized spacial score (nSPS) is 22.0. The number of hydrogen-bond acceptors (Lipinski definition) is 3. The molecule has 0 saturated carbocycles. The van der Waals surface area contributed by atoms with Gasteiger partial charge in [-0.3, -0.25) is 4.79 Å². The summed E-state index contributed by atoms with van der Waals surface area (Å²) >= 11 is 0. The fraction of sp³-hybridized carbons (Fsp3) is 0.444. The number of carbonyl (C=O) groups excluding carboxylic acids is 2. The molecule has 1 aliphatic heterocycles. The molecule has 1 aliphatic rings. The number of urea groups is 1. The standard InChI is InChI=1S/C18H23N3O3/c1-10-8-9-19-17(22)15(10)21-18(23)20-12(3)16-11(2)13-6-4-5-7-14(13)24-16/h4-7,10,12,15H,8-9H2,1-3H3,(H,19,22)(H2,20,21,23)/t10?,12-,15?/m0/s1. The van der Waals surface area contributed by atoms with E-state index in [1.165, 1.54) is 0 Å². The highest BCUT2D eigenvalue weighted by Crippen LogP contribution is 2.29. The van der Waals surface area contributed by atoms with Crippen molar-refractivity contribution in [3.8, 4) is 0 Å². The van der Waals surface area contributed by atoms with Crippen molar-refractivity contribution in [3.05, 3.63) is 35.6 Å². The van der Waals surface area contributed by atoms with Crippen LogP contribution in [0.2, 0.25) is 0 Å². The van der Waals surface area contributed by atoms with Crippen LogP contribution >= 0.6 is 0 Å². The van der Waals surface area contributed by atoms with E-state index in [9.17, 15) is 9.59 Å². The second-order valence-electron chi connectivity index (χ2n) is 6.46. The predicted molar refractivity (Wildman–Crippen MR) is 91.6 cm³/mol. The van der Waals surface area contributed by atoms with Crippen LogP contribution in [-0.2, 0) is 4.79 Å². The first-order valence-corrected chi connectivity index (χ1v) is 8.30. The molecule has 3 rings (SSSR count). The van der Waals surface area contributed by atoms with Crippen molar-refractivity contribution in [2.24, 2.45) is 5.92 Å². The van der Waals surface area contributed by atoms with Crippen LogP contribution in [0.4, 0.5) is 4.79 Å². The zero-order valence-electron chi connectivity index (χ0n) is 14.2. The van der Waals surface area contributed by atoms with E-state index in [4.69, 9.17) is 4.42 Å². The van der Waals surface area contributed by atoms with Crippen molar-refractivity contribution in [1.29, 1.82) is 0 Å². The summed E-state index contributed by atoms with van der Waals surface area (Å²) in [6, 6.07) is 6.63. The SMILES string of the molecule is Cc1c([C@H](C)NC(=O)NC2C(=O)NCCC2C)oc2ccccc12. The third kappa shape index (κ3) is 3.09. The van der Waals surface area contributed by atoms with Crippen LogP contribution in [0.1, 0.15) is 37.6 Å². The monoisotopic (exact) mass is 329 g/mol. The molecule has 2 aromatic rings. The molecular weight excluding hydrogens is 306 g/mol. The van der Waals surface area contributed by atoms with Gasteiger partial charge in [-0.2, -0.15) is 0 Å². The number of para-hydroxylation sites is 1. The highest BCUT2D eigenvalue weighted by molar-refractivity contribution is 5.88. The molecule has 0 spiro atoms. The maximum atomic E-state index is 12.3. The Bertz CT molecular complexity index is 768. The summed E-state index contributed by atoms with van der Waals surface area (Å²) in [5, 5.41) is 9.45. The Morgan fingerprint density at radius 2 is 2.12 bits per heavy atom. The number of benzene rings is 1. The molecule has 1 fully saturated rings. The van der Waals surface area contributed by atoms with E-state index in [1.54, 1.807) is 0 Å². The first-order chi connectivity index (χ1) is 11.5. The minimum atomic E-state index is -0.497. The number of amides is 3. The first-order valence-electron chi connectivity index (χ1n) is 8.30. The quantitative estimate of drug-likeness (QED) is 0.809. The van der Waals surface area contributed by atoms with Crippen molar-refractivity contribution in [3.63, 3.8) is 0 Å². The van der Waals surface area contributed by atoms with Gasteiger partial charge < -0.3 is 20.4 Å². The molecule has 0 aliphatic carbocycles. The van der Waals surface area contributed by atoms with E-state index in [2.05, 4.69) is 16.0 Å². The van der Waals surface area contributed by atoms with Crippen LogP contribution in [0.5, 0.6) is 0 Å². The third-order valence-corrected chi connectivity index (χ3v) is 4.66. The number of fused-ring (bicyclic) bond motifs is 1. The predicted octanol–water partition coefficient (Wildman–Crippen LogP) is 2.63. The Labute approximate surface area is 141 Å². The molecule has 3 atom stereocenters. The maximum Gasteiger partial charge on any atom is 0.316 e. The Kier molecular flexibility index (Phi) is 4.46. The molecule has 24 heavy (non-hydrogen) atoms. The van der Waals surface area contributed by atoms with E-state index in [1.807, 2.05) is 45.0 Å². The lowest BCUT2D eigenvalue weighted by Crippen LogP contribution is -2.56. The lowest BCUT2D eigenvalue weighted by atomic mass is 9.94. The van der Waals surface area contributed by atoms with E-state index in [0.29, 0.717) is 6.54 Å². The largest absolute Gasteiger partial charge is 0.459 e. The van der Waals surface area contributed by atoms with E-state index in [-0.39, 0.29) is 23.9 Å². The number of nitrogens with one attached hydrogen (secondary N) is 3. The molecule has 1 saturated heterocycles. The molecule has 6 heteroatoms. The molecular formula is C18H23N3O3. The Hall–Kier alpha value is -2.50. The molecule has 0 radical (unpaired) electrons. The van der Waals surface area contributed by atoms with Crippen LogP contribution in [0.25, 0.3) is 11.0 Å². The van der Waals surface area contributed by atoms with Crippen molar-refractivity contribution < 1.29 is 14.0 Å². The highest BCUT2D eigenvalue weighted by atomic mass is 16.3. The number of furan rings is 1. The summed E-state index contributed by atoms with van der Waals surface area (Å²) in [7, 11) is 0. The Morgan fingerprint density at radius 1 is 1.38 bits per heavy atom. The van der Waals surface area contributed by atoms with Crippen molar-refractivity contribution >= 4 is 22.9 Å². The molecule has 6 nitrogen and oxygen atoms in total. The zero-order chi connectivity index (χ0) is 17.3. The second kappa shape index (κ2) is 6.55. The topological polar surface area (TPSA) is 83.4 Å². The average molecular weight is 329 g/mol.